The fourth-order valence-corrected chi connectivity index (χ4v) is 6.57. The minimum absolute atomic E-state index is 0.447. The van der Waals surface area contributed by atoms with Gasteiger partial charge in [0.05, 0.1) is 6.57 Å². The van der Waals surface area contributed by atoms with Gasteiger partial charge in [0, 0.05) is 33.4 Å². The number of benzene rings is 7. The highest BCUT2D eigenvalue weighted by molar-refractivity contribution is 5.79. The average Bonchev–Trinajstić information content (AvgIpc) is 3.29. The molecule has 56 heavy (non-hydrogen) atoms. The molecule has 262 valence electrons. The van der Waals surface area contributed by atoms with E-state index in [-0.39, 0.29) is 0 Å². The molecule has 0 amide bonds. The van der Waals surface area contributed by atoms with E-state index in [9.17, 15) is 0 Å². The van der Waals surface area contributed by atoms with Crippen LogP contribution in [0.15, 0.2) is 188 Å². The van der Waals surface area contributed by atoms with Gasteiger partial charge in [-0.15, -0.1) is 0 Å². The third-order valence-electron chi connectivity index (χ3n) is 9.43. The molecular weight excluding hydrogens is 687 g/mol. The SMILES string of the molecule is [C-]#[N+]c1ccccc1-c1nc(-c2ccccc2)nc(-c2cccc(-c3cccc(-c4nc(-c5ccccc5)nc(-c5ccc(-c6ccccc6)cc5)n4)c3)c2)n1. The summed E-state index contributed by atoms with van der Waals surface area (Å²) in [5.74, 6) is 3.27. The predicted octanol–water partition coefficient (Wildman–Crippen LogP) is 11.9. The topological polar surface area (TPSA) is 81.7 Å². The quantitative estimate of drug-likeness (QED) is 0.146. The first-order valence-corrected chi connectivity index (χ1v) is 18.2. The van der Waals surface area contributed by atoms with Crippen molar-refractivity contribution in [3.8, 4) is 90.6 Å². The number of rotatable bonds is 8. The highest BCUT2D eigenvalue weighted by atomic mass is 15.0. The molecule has 9 aromatic rings. The van der Waals surface area contributed by atoms with E-state index in [0.29, 0.717) is 46.2 Å². The number of hydrogen-bond donors (Lipinski definition) is 0. The van der Waals surface area contributed by atoms with Gasteiger partial charge in [-0.2, -0.15) is 0 Å². The summed E-state index contributed by atoms with van der Waals surface area (Å²) in [7, 11) is 0. The van der Waals surface area contributed by atoms with E-state index in [0.717, 1.165) is 50.1 Å². The van der Waals surface area contributed by atoms with Crippen LogP contribution in [0.25, 0.3) is 95.4 Å². The van der Waals surface area contributed by atoms with Gasteiger partial charge in [-0.05, 0) is 34.4 Å². The van der Waals surface area contributed by atoms with Crippen molar-refractivity contribution in [2.24, 2.45) is 0 Å². The minimum Gasteiger partial charge on any atom is -0.237 e. The van der Waals surface area contributed by atoms with E-state index >= 15 is 0 Å². The fourth-order valence-electron chi connectivity index (χ4n) is 6.57. The molecule has 0 atom stereocenters. The third kappa shape index (κ3) is 7.06. The summed E-state index contributed by atoms with van der Waals surface area (Å²) in [4.78, 5) is 33.3. The number of hydrogen-bond acceptors (Lipinski definition) is 6. The van der Waals surface area contributed by atoms with Crippen molar-refractivity contribution in [1.29, 1.82) is 0 Å². The normalized spacial score (nSPS) is 10.8. The Morgan fingerprint density at radius 2 is 0.589 bits per heavy atom. The maximum absolute atomic E-state index is 7.76. The second-order valence-corrected chi connectivity index (χ2v) is 13.1. The molecule has 7 nitrogen and oxygen atoms in total. The molecule has 0 saturated carbocycles. The van der Waals surface area contributed by atoms with Gasteiger partial charge < -0.3 is 0 Å². The molecule has 0 spiro atoms. The molecule has 0 fully saturated rings. The van der Waals surface area contributed by atoms with Crippen molar-refractivity contribution < 1.29 is 0 Å². The molecule has 0 aliphatic carbocycles. The summed E-state index contributed by atoms with van der Waals surface area (Å²) >= 11 is 0. The van der Waals surface area contributed by atoms with Crippen LogP contribution in [0.2, 0.25) is 0 Å². The van der Waals surface area contributed by atoms with E-state index in [1.54, 1.807) is 6.07 Å². The zero-order valence-electron chi connectivity index (χ0n) is 30.0. The molecule has 7 heteroatoms. The van der Waals surface area contributed by atoms with Crippen molar-refractivity contribution in [3.05, 3.63) is 199 Å². The van der Waals surface area contributed by atoms with E-state index in [2.05, 4.69) is 65.5 Å². The third-order valence-corrected chi connectivity index (χ3v) is 9.43. The second kappa shape index (κ2) is 15.2. The lowest BCUT2D eigenvalue weighted by Crippen LogP contribution is -2.00. The monoisotopic (exact) mass is 717 g/mol. The lowest BCUT2D eigenvalue weighted by atomic mass is 10.0. The van der Waals surface area contributed by atoms with Crippen LogP contribution in [0.5, 0.6) is 0 Å². The summed E-state index contributed by atoms with van der Waals surface area (Å²) in [6.07, 6.45) is 0. The smallest absolute Gasteiger partial charge is 0.198 e. The molecule has 0 aliphatic heterocycles. The highest BCUT2D eigenvalue weighted by Gasteiger charge is 2.17. The molecule has 0 saturated heterocycles. The van der Waals surface area contributed by atoms with Crippen LogP contribution in [0.3, 0.4) is 0 Å². The van der Waals surface area contributed by atoms with E-state index in [4.69, 9.17) is 36.5 Å². The molecule has 0 aliphatic rings. The molecular formula is C49H31N7. The second-order valence-electron chi connectivity index (χ2n) is 13.1. The first-order valence-electron chi connectivity index (χ1n) is 18.2. The summed E-state index contributed by atoms with van der Waals surface area (Å²) in [6.45, 7) is 7.76. The maximum Gasteiger partial charge on any atom is 0.198 e. The Labute approximate surface area is 324 Å². The number of aromatic nitrogens is 6. The van der Waals surface area contributed by atoms with Gasteiger partial charge in [0.25, 0.3) is 0 Å². The van der Waals surface area contributed by atoms with Crippen molar-refractivity contribution in [2.75, 3.05) is 0 Å². The van der Waals surface area contributed by atoms with E-state index in [1.165, 1.54) is 0 Å². The van der Waals surface area contributed by atoms with Crippen LogP contribution in [-0.4, -0.2) is 29.9 Å². The maximum atomic E-state index is 7.76. The standard InChI is InChI=1S/C49H31N7/c1-50-43-26-12-11-25-42(43)49-55-45(36-19-9-4-10-20-36)53-48(56-49)41-24-14-22-39(32-41)38-21-13-23-40(31-38)47-52-44(35-17-7-3-8-18-35)51-46(54-47)37-29-27-34(28-30-37)33-15-5-2-6-16-33/h2-32H. The van der Waals surface area contributed by atoms with Gasteiger partial charge in [-0.1, -0.05) is 176 Å². The fraction of sp³-hybridized carbons (Fsp3) is 0. The van der Waals surface area contributed by atoms with Crippen molar-refractivity contribution >= 4 is 5.69 Å². The lowest BCUT2D eigenvalue weighted by Gasteiger charge is -2.11. The number of para-hydroxylation sites is 1. The van der Waals surface area contributed by atoms with Gasteiger partial charge in [0.1, 0.15) is 0 Å². The van der Waals surface area contributed by atoms with Gasteiger partial charge in [-0.25, -0.2) is 34.7 Å². The van der Waals surface area contributed by atoms with Crippen molar-refractivity contribution in [3.63, 3.8) is 0 Å². The Hall–Kier alpha value is -7.95. The Morgan fingerprint density at radius 3 is 1.07 bits per heavy atom. The van der Waals surface area contributed by atoms with Gasteiger partial charge in [0.2, 0.25) is 0 Å². The van der Waals surface area contributed by atoms with Crippen LogP contribution < -0.4 is 0 Å². The summed E-state index contributed by atoms with van der Waals surface area (Å²) in [5, 5.41) is 0. The molecule has 2 heterocycles. The Bertz CT molecular complexity index is 2850. The van der Waals surface area contributed by atoms with Crippen LogP contribution in [0.1, 0.15) is 0 Å². The van der Waals surface area contributed by atoms with Crippen LogP contribution in [0, 0.1) is 6.57 Å². The summed E-state index contributed by atoms with van der Waals surface area (Å²) < 4.78 is 0. The van der Waals surface area contributed by atoms with Crippen LogP contribution in [-0.2, 0) is 0 Å². The van der Waals surface area contributed by atoms with Gasteiger partial charge in [0.15, 0.2) is 40.6 Å². The number of nitrogens with zero attached hydrogens (tertiary/aromatic N) is 7. The van der Waals surface area contributed by atoms with Gasteiger partial charge >= 0.3 is 0 Å². The molecule has 0 radical (unpaired) electrons. The first kappa shape index (κ1) is 33.9. The van der Waals surface area contributed by atoms with E-state index in [1.807, 2.05) is 121 Å². The van der Waals surface area contributed by atoms with Crippen molar-refractivity contribution in [1.82, 2.24) is 29.9 Å². The Balaban J connectivity index is 1.11. The zero-order chi connectivity index (χ0) is 37.7. The van der Waals surface area contributed by atoms with Crippen molar-refractivity contribution in [2.45, 2.75) is 0 Å². The molecule has 7 aromatic carbocycles. The molecule has 0 N–H and O–H groups in total. The Morgan fingerprint density at radius 1 is 0.268 bits per heavy atom. The summed E-state index contributed by atoms with van der Waals surface area (Å²) in [6, 6.07) is 62.2. The molecule has 0 bridgehead atoms. The molecule has 9 rings (SSSR count). The molecule has 0 unspecified atom stereocenters. The minimum atomic E-state index is 0.447. The lowest BCUT2D eigenvalue weighted by molar-refractivity contribution is 1.07. The van der Waals surface area contributed by atoms with Crippen LogP contribution >= 0.6 is 0 Å². The highest BCUT2D eigenvalue weighted by Crippen LogP contribution is 2.33. The zero-order valence-corrected chi connectivity index (χ0v) is 30.0. The Kier molecular flexibility index (Phi) is 9.18. The molecule has 2 aromatic heterocycles. The first-order chi connectivity index (χ1) is 27.7. The summed E-state index contributed by atoms with van der Waals surface area (Å²) in [5.41, 5.74) is 9.73. The van der Waals surface area contributed by atoms with Crippen LogP contribution in [0.4, 0.5) is 5.69 Å². The average molecular weight is 718 g/mol. The predicted molar refractivity (Wildman–Crippen MR) is 223 cm³/mol. The van der Waals surface area contributed by atoms with Gasteiger partial charge in [-0.3, -0.25) is 0 Å². The largest absolute Gasteiger partial charge is 0.237 e. The van der Waals surface area contributed by atoms with E-state index < -0.39 is 0 Å².